The number of phenolic OH excluding ortho intramolecular Hbond substituents is 1. The summed E-state index contributed by atoms with van der Waals surface area (Å²) in [6, 6.07) is 11.9. The first-order valence-corrected chi connectivity index (χ1v) is 9.35. The summed E-state index contributed by atoms with van der Waals surface area (Å²) in [6.07, 6.45) is -1.28. The molecular weight excluding hydrogens is 355 g/mol. The summed E-state index contributed by atoms with van der Waals surface area (Å²) in [7, 11) is 0. The third-order valence-corrected chi connectivity index (χ3v) is 6.56. The van der Waals surface area contributed by atoms with Crippen molar-refractivity contribution in [2.24, 2.45) is 17.8 Å². The van der Waals surface area contributed by atoms with Gasteiger partial charge >= 0.3 is 6.36 Å². The van der Waals surface area contributed by atoms with E-state index in [9.17, 15) is 18.3 Å². The number of ether oxygens (including phenoxy) is 1. The summed E-state index contributed by atoms with van der Waals surface area (Å²) < 4.78 is 43.1. The first-order valence-electron chi connectivity index (χ1n) is 9.35. The van der Waals surface area contributed by atoms with Crippen LogP contribution in [-0.2, 0) is 0 Å². The Morgan fingerprint density at radius 3 is 2.48 bits per heavy atom. The van der Waals surface area contributed by atoms with Gasteiger partial charge in [0.25, 0.3) is 0 Å². The normalized spacial score (nSPS) is 31.1. The molecule has 3 aliphatic rings. The molecule has 0 spiro atoms. The van der Waals surface area contributed by atoms with Gasteiger partial charge in [-0.3, -0.25) is 0 Å². The Kier molecular flexibility index (Phi) is 3.61. The number of alkyl halides is 3. The van der Waals surface area contributed by atoms with Crippen molar-refractivity contribution < 1.29 is 23.0 Å². The predicted octanol–water partition coefficient (Wildman–Crippen LogP) is 5.59. The second-order valence-corrected chi connectivity index (χ2v) is 7.92. The first-order chi connectivity index (χ1) is 12.9. The van der Waals surface area contributed by atoms with Gasteiger partial charge in [0.15, 0.2) is 5.75 Å². The lowest BCUT2D eigenvalue weighted by atomic mass is 9.68. The molecule has 2 N–H and O–H groups in total. The van der Waals surface area contributed by atoms with Crippen LogP contribution in [0.5, 0.6) is 11.5 Å². The number of hydrogen-bond acceptors (Lipinski definition) is 3. The molecule has 2 saturated carbocycles. The van der Waals surface area contributed by atoms with Gasteiger partial charge in [0.1, 0.15) is 5.75 Å². The Labute approximate surface area is 155 Å². The molecule has 142 valence electrons. The van der Waals surface area contributed by atoms with Crippen LogP contribution in [0.15, 0.2) is 42.5 Å². The highest BCUT2D eigenvalue weighted by Gasteiger charge is 2.54. The van der Waals surface area contributed by atoms with Crippen molar-refractivity contribution in [3.05, 3.63) is 53.6 Å². The lowest BCUT2D eigenvalue weighted by molar-refractivity contribution is -0.274. The van der Waals surface area contributed by atoms with Gasteiger partial charge in [0.2, 0.25) is 0 Å². The minimum Gasteiger partial charge on any atom is -0.508 e. The van der Waals surface area contributed by atoms with Crippen LogP contribution in [0, 0.1) is 17.8 Å². The number of aromatic hydroxyl groups is 1. The molecule has 0 unspecified atom stereocenters. The smallest absolute Gasteiger partial charge is 0.508 e. The molecule has 5 atom stereocenters. The molecule has 0 radical (unpaired) electrons. The average molecular weight is 375 g/mol. The largest absolute Gasteiger partial charge is 0.573 e. The Morgan fingerprint density at radius 2 is 1.74 bits per heavy atom. The van der Waals surface area contributed by atoms with Crippen LogP contribution in [0.2, 0.25) is 0 Å². The van der Waals surface area contributed by atoms with E-state index in [-0.39, 0.29) is 23.5 Å². The van der Waals surface area contributed by atoms with E-state index in [1.54, 1.807) is 18.2 Å². The van der Waals surface area contributed by atoms with Crippen molar-refractivity contribution in [2.75, 3.05) is 5.32 Å². The summed E-state index contributed by atoms with van der Waals surface area (Å²) in [6.45, 7) is 0. The van der Waals surface area contributed by atoms with Crippen molar-refractivity contribution in [1.82, 2.24) is 0 Å². The Bertz CT molecular complexity index is 865. The topological polar surface area (TPSA) is 41.5 Å². The zero-order chi connectivity index (χ0) is 18.8. The molecule has 1 aliphatic heterocycles. The molecule has 2 aliphatic carbocycles. The summed E-state index contributed by atoms with van der Waals surface area (Å²) in [4.78, 5) is 0. The molecule has 0 aromatic heterocycles. The van der Waals surface area contributed by atoms with E-state index in [4.69, 9.17) is 0 Å². The number of halogens is 3. The maximum atomic E-state index is 12.9. The minimum absolute atomic E-state index is 0.0867. The number of benzene rings is 2. The fraction of sp³-hybridized carbons (Fsp3) is 0.429. The van der Waals surface area contributed by atoms with Crippen LogP contribution in [0.1, 0.15) is 42.3 Å². The molecule has 2 fully saturated rings. The van der Waals surface area contributed by atoms with E-state index >= 15 is 0 Å². The van der Waals surface area contributed by atoms with E-state index in [0.717, 1.165) is 24.0 Å². The van der Waals surface area contributed by atoms with Crippen molar-refractivity contribution >= 4 is 5.69 Å². The van der Waals surface area contributed by atoms with Crippen LogP contribution in [-0.4, -0.2) is 11.5 Å². The lowest BCUT2D eigenvalue weighted by Gasteiger charge is -2.44. The van der Waals surface area contributed by atoms with Gasteiger partial charge in [-0.2, -0.15) is 0 Å². The second kappa shape index (κ2) is 5.81. The van der Waals surface area contributed by atoms with Crippen LogP contribution in [0.3, 0.4) is 0 Å². The molecule has 2 aromatic rings. The van der Waals surface area contributed by atoms with Gasteiger partial charge in [-0.15, -0.1) is 13.2 Å². The van der Waals surface area contributed by atoms with Crippen molar-refractivity contribution in [3.63, 3.8) is 0 Å². The quantitative estimate of drug-likeness (QED) is 0.719. The fourth-order valence-electron chi connectivity index (χ4n) is 5.71. The molecule has 6 heteroatoms. The zero-order valence-electron chi connectivity index (χ0n) is 14.5. The molecule has 0 amide bonds. The summed E-state index contributed by atoms with van der Waals surface area (Å²) in [5, 5.41) is 13.0. The van der Waals surface area contributed by atoms with Crippen molar-refractivity contribution in [2.45, 2.75) is 37.6 Å². The van der Waals surface area contributed by atoms with Gasteiger partial charge in [0, 0.05) is 0 Å². The number of phenols is 1. The molecule has 3 nitrogen and oxygen atoms in total. The average Bonchev–Trinajstić information content (AvgIpc) is 3.23. The van der Waals surface area contributed by atoms with Crippen LogP contribution in [0.25, 0.3) is 0 Å². The van der Waals surface area contributed by atoms with Crippen LogP contribution in [0.4, 0.5) is 18.9 Å². The van der Waals surface area contributed by atoms with Gasteiger partial charge < -0.3 is 15.2 Å². The summed E-state index contributed by atoms with van der Waals surface area (Å²) in [5.41, 5.74) is 2.40. The highest BCUT2D eigenvalue weighted by molar-refractivity contribution is 5.67. The van der Waals surface area contributed by atoms with E-state index < -0.39 is 6.36 Å². The second-order valence-electron chi connectivity index (χ2n) is 7.92. The number of hydrogen-bond donors (Lipinski definition) is 2. The van der Waals surface area contributed by atoms with Crippen LogP contribution >= 0.6 is 0 Å². The molecule has 27 heavy (non-hydrogen) atoms. The minimum atomic E-state index is -4.73. The number of para-hydroxylation sites is 1. The Morgan fingerprint density at radius 1 is 1.00 bits per heavy atom. The molecular formula is C21H20F3NO2. The lowest BCUT2D eigenvalue weighted by Crippen LogP contribution is -2.36. The molecule has 5 rings (SSSR count). The number of rotatable bonds is 2. The van der Waals surface area contributed by atoms with E-state index in [1.807, 2.05) is 18.2 Å². The molecule has 0 saturated heterocycles. The van der Waals surface area contributed by atoms with E-state index in [0.29, 0.717) is 23.4 Å². The number of anilines is 1. The van der Waals surface area contributed by atoms with Crippen LogP contribution < -0.4 is 10.1 Å². The summed E-state index contributed by atoms with van der Waals surface area (Å²) in [5.74, 6) is 1.70. The van der Waals surface area contributed by atoms with Gasteiger partial charge in [-0.25, -0.2) is 0 Å². The van der Waals surface area contributed by atoms with E-state index in [1.165, 1.54) is 12.5 Å². The first kappa shape index (κ1) is 16.8. The van der Waals surface area contributed by atoms with Crippen molar-refractivity contribution in [1.29, 1.82) is 0 Å². The molecule has 2 bridgehead atoms. The number of fused-ring (bicyclic) bond motifs is 7. The molecule has 1 heterocycles. The van der Waals surface area contributed by atoms with Gasteiger partial charge in [0.05, 0.1) is 11.7 Å². The predicted molar refractivity (Wildman–Crippen MR) is 94.7 cm³/mol. The maximum Gasteiger partial charge on any atom is 0.573 e. The van der Waals surface area contributed by atoms with Gasteiger partial charge in [-0.1, -0.05) is 24.3 Å². The number of nitrogens with one attached hydrogen (secondary N) is 1. The standard InChI is InChI=1S/C21H20F3NO2/c22-21(23,24)27-16-3-1-2-15-17-12-4-5-13(10-12)18(17)19(25-20(15)16)11-6-8-14(26)9-7-11/h1-3,6-9,12-13,17-19,25-26H,4-5,10H2/t12-,13+,17-,18-,19+/m1/s1. The summed E-state index contributed by atoms with van der Waals surface area (Å²) >= 11 is 0. The zero-order valence-corrected chi connectivity index (χ0v) is 14.5. The third-order valence-electron chi connectivity index (χ3n) is 6.56. The van der Waals surface area contributed by atoms with Gasteiger partial charge in [-0.05, 0) is 72.3 Å². The SMILES string of the molecule is Oc1ccc([C@@H]2Nc3c(OC(F)(F)F)cccc3[C@H]3[C@@H]4CC[C@@H](C4)[C@H]32)cc1. The Hall–Kier alpha value is -2.37. The highest BCUT2D eigenvalue weighted by Crippen LogP contribution is 2.64. The monoisotopic (exact) mass is 375 g/mol. The van der Waals surface area contributed by atoms with Crippen molar-refractivity contribution in [3.8, 4) is 11.5 Å². The fourth-order valence-corrected chi connectivity index (χ4v) is 5.71. The maximum absolute atomic E-state index is 12.9. The van der Waals surface area contributed by atoms with E-state index in [2.05, 4.69) is 10.1 Å². The Balaban J connectivity index is 1.62. The third kappa shape index (κ3) is 2.73. The highest BCUT2D eigenvalue weighted by atomic mass is 19.4. The molecule has 2 aromatic carbocycles.